The van der Waals surface area contributed by atoms with E-state index in [2.05, 4.69) is 5.32 Å². The van der Waals surface area contributed by atoms with Crippen LogP contribution in [0.1, 0.15) is 50.7 Å². The van der Waals surface area contributed by atoms with Crippen molar-refractivity contribution in [3.05, 3.63) is 18.4 Å². The fraction of sp³-hybridized carbons (Fsp3) is 0.562. The molecule has 6 heteroatoms. The molecule has 0 aliphatic heterocycles. The smallest absolute Gasteiger partial charge is 0.228 e. The Labute approximate surface area is 130 Å². The number of aromatic hydroxyl groups is 1. The molecule has 1 aromatic heterocycles. The van der Waals surface area contributed by atoms with Crippen LogP contribution in [0.5, 0.6) is 5.75 Å². The summed E-state index contributed by atoms with van der Waals surface area (Å²) in [7, 11) is 0. The average Bonchev–Trinajstić information content (AvgIpc) is 2.70. The molecule has 22 heavy (non-hydrogen) atoms. The Kier molecular flexibility index (Phi) is 5.86. The highest BCUT2D eigenvalue weighted by Gasteiger charge is 2.19. The van der Waals surface area contributed by atoms with E-state index in [9.17, 15) is 14.7 Å². The average molecular weight is 307 g/mol. The van der Waals surface area contributed by atoms with Gasteiger partial charge in [-0.3, -0.25) is 9.59 Å². The highest BCUT2D eigenvalue weighted by Crippen LogP contribution is 2.31. The van der Waals surface area contributed by atoms with E-state index in [-0.39, 0.29) is 29.5 Å². The first-order valence-corrected chi connectivity index (χ1v) is 7.78. The Morgan fingerprint density at radius 3 is 2.64 bits per heavy atom. The van der Waals surface area contributed by atoms with Gasteiger partial charge in [0, 0.05) is 0 Å². The molecule has 0 spiro atoms. The van der Waals surface area contributed by atoms with Crippen molar-refractivity contribution >= 4 is 17.5 Å². The molecule has 1 fully saturated rings. The fourth-order valence-electron chi connectivity index (χ4n) is 2.86. The maximum atomic E-state index is 12.0. The van der Waals surface area contributed by atoms with Crippen molar-refractivity contribution in [2.45, 2.75) is 51.4 Å². The quantitative estimate of drug-likeness (QED) is 0.702. The number of anilines is 1. The number of carbonyl (C=O) groups excluding carboxylic acids is 2. The summed E-state index contributed by atoms with van der Waals surface area (Å²) in [5, 5.41) is 12.2. The van der Waals surface area contributed by atoms with Crippen molar-refractivity contribution < 1.29 is 19.1 Å². The number of nitrogens with one attached hydrogen (secondary N) is 1. The van der Waals surface area contributed by atoms with Crippen LogP contribution in [0.25, 0.3) is 0 Å². The second-order valence-corrected chi connectivity index (χ2v) is 5.85. The van der Waals surface area contributed by atoms with Gasteiger partial charge in [-0.1, -0.05) is 38.5 Å². The van der Waals surface area contributed by atoms with Crippen LogP contribution < -0.4 is 11.1 Å². The highest BCUT2D eigenvalue weighted by molar-refractivity contribution is 5.99. The van der Waals surface area contributed by atoms with Gasteiger partial charge in [-0.25, -0.2) is 0 Å². The second-order valence-electron chi connectivity index (χ2n) is 5.85. The number of hydrogen-bond acceptors (Lipinski definition) is 4. The van der Waals surface area contributed by atoms with Crippen molar-refractivity contribution in [2.75, 3.05) is 5.32 Å². The third-order valence-corrected chi connectivity index (χ3v) is 4.04. The molecule has 0 atom stereocenters. The summed E-state index contributed by atoms with van der Waals surface area (Å²) in [6, 6.07) is 0. The van der Waals surface area contributed by atoms with Gasteiger partial charge in [0.05, 0.1) is 12.8 Å². The molecule has 0 saturated heterocycles. The molecule has 2 amide bonds. The topological polar surface area (TPSA) is 106 Å². The number of primary amides is 1. The monoisotopic (exact) mass is 307 g/mol. The summed E-state index contributed by atoms with van der Waals surface area (Å²) < 4.78 is 5.04. The van der Waals surface area contributed by atoms with Crippen molar-refractivity contribution in [1.82, 2.24) is 0 Å². The fourth-order valence-corrected chi connectivity index (χ4v) is 2.86. The molecule has 0 bridgehead atoms. The molecule has 1 aliphatic carbocycles. The Balaban J connectivity index is 1.86. The van der Waals surface area contributed by atoms with E-state index in [0.29, 0.717) is 5.92 Å². The first-order chi connectivity index (χ1) is 10.6. The van der Waals surface area contributed by atoms with Gasteiger partial charge in [0.25, 0.3) is 0 Å². The van der Waals surface area contributed by atoms with Gasteiger partial charge in [0.2, 0.25) is 11.8 Å². The van der Waals surface area contributed by atoms with Crippen LogP contribution in [0.4, 0.5) is 5.69 Å². The van der Waals surface area contributed by atoms with Gasteiger partial charge >= 0.3 is 0 Å². The molecule has 0 unspecified atom stereocenters. The maximum absolute atomic E-state index is 12.0. The Morgan fingerprint density at radius 1 is 1.32 bits per heavy atom. The van der Waals surface area contributed by atoms with Crippen LogP contribution in [0, 0.1) is 12.3 Å². The molecule has 1 aromatic rings. The summed E-state index contributed by atoms with van der Waals surface area (Å²) in [6.07, 6.45) is 10.6. The highest BCUT2D eigenvalue weighted by atomic mass is 16.4. The number of carbonyl (C=O) groups is 2. The second kappa shape index (κ2) is 7.87. The molecule has 121 valence electrons. The van der Waals surface area contributed by atoms with Crippen LogP contribution in [-0.2, 0) is 16.0 Å². The zero-order valence-corrected chi connectivity index (χ0v) is 12.6. The van der Waals surface area contributed by atoms with E-state index in [1.165, 1.54) is 25.7 Å². The predicted molar refractivity (Wildman–Crippen MR) is 82.0 cm³/mol. The van der Waals surface area contributed by atoms with E-state index in [0.717, 1.165) is 25.5 Å². The van der Waals surface area contributed by atoms with Crippen LogP contribution in [0.3, 0.4) is 0 Å². The summed E-state index contributed by atoms with van der Waals surface area (Å²) >= 11 is 0. The molecular formula is C16H23N2O4. The lowest BCUT2D eigenvalue weighted by Crippen LogP contribution is -2.17. The van der Waals surface area contributed by atoms with Gasteiger partial charge in [-0.15, -0.1) is 0 Å². The number of rotatable bonds is 6. The SMILES string of the molecule is NC(=O)Cc1occ(O)c1NC(=O)[CH]CC1CCCCCC1. The molecule has 1 radical (unpaired) electrons. The van der Waals surface area contributed by atoms with Gasteiger partial charge in [-0.05, 0) is 12.3 Å². The van der Waals surface area contributed by atoms with Crippen molar-refractivity contribution in [3.63, 3.8) is 0 Å². The lowest BCUT2D eigenvalue weighted by Gasteiger charge is -2.13. The third-order valence-electron chi connectivity index (χ3n) is 4.04. The summed E-state index contributed by atoms with van der Waals surface area (Å²) in [5.41, 5.74) is 5.23. The van der Waals surface area contributed by atoms with Gasteiger partial charge in [-0.2, -0.15) is 0 Å². The summed E-state index contributed by atoms with van der Waals surface area (Å²) in [6.45, 7) is 0. The number of nitrogens with two attached hydrogens (primary N) is 1. The van der Waals surface area contributed by atoms with Crippen molar-refractivity contribution in [3.8, 4) is 5.75 Å². The van der Waals surface area contributed by atoms with Crippen LogP contribution >= 0.6 is 0 Å². The lowest BCUT2D eigenvalue weighted by molar-refractivity contribution is -0.117. The number of hydrogen-bond donors (Lipinski definition) is 3. The molecule has 1 heterocycles. The predicted octanol–water partition coefficient (Wildman–Crippen LogP) is 2.52. The van der Waals surface area contributed by atoms with E-state index in [1.807, 2.05) is 0 Å². The van der Waals surface area contributed by atoms with E-state index < -0.39 is 5.91 Å². The normalized spacial score (nSPS) is 16.2. The zero-order valence-electron chi connectivity index (χ0n) is 12.6. The van der Waals surface area contributed by atoms with Crippen LogP contribution in [-0.4, -0.2) is 16.9 Å². The molecule has 4 N–H and O–H groups in total. The van der Waals surface area contributed by atoms with E-state index in [1.54, 1.807) is 6.42 Å². The standard InChI is InChI=1S/C16H23N2O4/c17-14(20)9-13-16(12(19)10-22-13)18-15(21)8-7-11-5-3-1-2-4-6-11/h8,10-11,19H,1-7,9H2,(H2,17,20)(H,18,21). The van der Waals surface area contributed by atoms with Gasteiger partial charge < -0.3 is 20.6 Å². The first-order valence-electron chi connectivity index (χ1n) is 7.78. The maximum Gasteiger partial charge on any atom is 0.228 e. The van der Waals surface area contributed by atoms with Gasteiger partial charge in [0.1, 0.15) is 17.7 Å². The van der Waals surface area contributed by atoms with E-state index in [4.69, 9.17) is 10.2 Å². The lowest BCUT2D eigenvalue weighted by atomic mass is 9.95. The van der Waals surface area contributed by atoms with Crippen LogP contribution in [0.2, 0.25) is 0 Å². The van der Waals surface area contributed by atoms with Crippen LogP contribution in [0.15, 0.2) is 10.7 Å². The van der Waals surface area contributed by atoms with E-state index >= 15 is 0 Å². The van der Waals surface area contributed by atoms with Crippen molar-refractivity contribution in [1.29, 1.82) is 0 Å². The molecule has 1 aliphatic rings. The number of furan rings is 1. The Hall–Kier alpha value is -1.98. The summed E-state index contributed by atoms with van der Waals surface area (Å²) in [5.74, 6) is -0.371. The zero-order chi connectivity index (χ0) is 15.9. The molecule has 6 nitrogen and oxygen atoms in total. The minimum absolute atomic E-state index is 0.126. The Bertz CT molecular complexity index is 516. The third kappa shape index (κ3) is 4.79. The molecule has 1 saturated carbocycles. The molecule has 2 rings (SSSR count). The first kappa shape index (κ1) is 16.4. The minimum Gasteiger partial charge on any atom is -0.503 e. The molecule has 0 aromatic carbocycles. The Morgan fingerprint density at radius 2 is 2.00 bits per heavy atom. The van der Waals surface area contributed by atoms with Crippen molar-refractivity contribution in [2.24, 2.45) is 11.7 Å². The largest absolute Gasteiger partial charge is 0.503 e. The van der Waals surface area contributed by atoms with Gasteiger partial charge in [0.15, 0.2) is 5.75 Å². The number of amides is 2. The summed E-state index contributed by atoms with van der Waals surface area (Å²) in [4.78, 5) is 22.9. The minimum atomic E-state index is -0.590. The molecular weight excluding hydrogens is 284 g/mol.